The Bertz CT molecular complexity index is 404. The lowest BCUT2D eigenvalue weighted by molar-refractivity contribution is -0.274. The van der Waals surface area contributed by atoms with Gasteiger partial charge in [-0.15, -0.1) is 13.2 Å². The number of rotatable bonds is 5. The molecule has 102 valence electrons. The molecule has 0 fully saturated rings. The van der Waals surface area contributed by atoms with E-state index in [0.29, 0.717) is 5.56 Å². The van der Waals surface area contributed by atoms with Crippen LogP contribution in [0.3, 0.4) is 0 Å². The van der Waals surface area contributed by atoms with Crippen LogP contribution in [-0.4, -0.2) is 25.4 Å². The number of aryl methyl sites for hydroxylation is 1. The Morgan fingerprint density at radius 1 is 1.22 bits per heavy atom. The minimum Gasteiger partial charge on any atom is -0.467 e. The summed E-state index contributed by atoms with van der Waals surface area (Å²) < 4.78 is 50.0. The van der Waals surface area contributed by atoms with Crippen molar-refractivity contribution in [2.75, 3.05) is 13.9 Å². The van der Waals surface area contributed by atoms with Crippen molar-refractivity contribution in [2.45, 2.75) is 19.9 Å². The molecule has 0 aliphatic carbocycles. The zero-order valence-electron chi connectivity index (χ0n) is 9.87. The first-order valence-corrected chi connectivity index (χ1v) is 4.99. The summed E-state index contributed by atoms with van der Waals surface area (Å²) in [7, 11) is 1.37. The lowest BCUT2D eigenvalue weighted by Crippen LogP contribution is -2.18. The maximum atomic E-state index is 12.2. The molecule has 0 heterocycles. The Kier molecular flexibility index (Phi) is 4.80. The van der Waals surface area contributed by atoms with Crippen LogP contribution in [0.5, 0.6) is 11.5 Å². The number of ether oxygens (including phenoxy) is 3. The molecular formula is C11H13F3O4. The maximum Gasteiger partial charge on any atom is 0.573 e. The van der Waals surface area contributed by atoms with Gasteiger partial charge in [0, 0.05) is 18.7 Å². The fourth-order valence-electron chi connectivity index (χ4n) is 1.34. The zero-order valence-corrected chi connectivity index (χ0v) is 9.87. The van der Waals surface area contributed by atoms with Crippen molar-refractivity contribution >= 4 is 0 Å². The molecule has 1 aromatic carbocycles. The van der Waals surface area contributed by atoms with Crippen molar-refractivity contribution in [3.63, 3.8) is 0 Å². The van der Waals surface area contributed by atoms with Crippen LogP contribution >= 0.6 is 0 Å². The number of aliphatic hydroxyl groups excluding tert-OH is 1. The van der Waals surface area contributed by atoms with Crippen LogP contribution in [0.25, 0.3) is 0 Å². The molecule has 0 bridgehead atoms. The molecule has 4 nitrogen and oxygen atoms in total. The van der Waals surface area contributed by atoms with Crippen molar-refractivity contribution in [2.24, 2.45) is 0 Å². The van der Waals surface area contributed by atoms with Gasteiger partial charge in [0.1, 0.15) is 11.5 Å². The lowest BCUT2D eigenvalue weighted by Gasteiger charge is -2.15. The normalized spacial score (nSPS) is 11.4. The molecule has 1 rings (SSSR count). The predicted octanol–water partition coefficient (Wildman–Crippen LogP) is 2.37. The van der Waals surface area contributed by atoms with E-state index in [4.69, 9.17) is 9.84 Å². The van der Waals surface area contributed by atoms with Crippen LogP contribution in [0.2, 0.25) is 0 Å². The minimum absolute atomic E-state index is 0.0872. The molecule has 0 radical (unpaired) electrons. The second kappa shape index (κ2) is 5.92. The van der Waals surface area contributed by atoms with Crippen LogP contribution in [0.4, 0.5) is 13.2 Å². The Balaban J connectivity index is 3.04. The van der Waals surface area contributed by atoms with Crippen molar-refractivity contribution in [1.29, 1.82) is 0 Å². The standard InChI is InChI=1S/C11H13F3O4/c1-7-3-8(5-15)10(17-6-16-2)4-9(7)18-11(12,13)14/h3-4,15H,5-6H2,1-2H3. The first-order chi connectivity index (χ1) is 8.37. The topological polar surface area (TPSA) is 47.9 Å². The average molecular weight is 266 g/mol. The highest BCUT2D eigenvalue weighted by Gasteiger charge is 2.32. The highest BCUT2D eigenvalue weighted by Crippen LogP contribution is 2.32. The average Bonchev–Trinajstić information content (AvgIpc) is 2.27. The minimum atomic E-state index is -4.77. The molecule has 7 heteroatoms. The van der Waals surface area contributed by atoms with E-state index in [0.717, 1.165) is 6.07 Å². The fourth-order valence-corrected chi connectivity index (χ4v) is 1.34. The first kappa shape index (κ1) is 14.6. The first-order valence-electron chi connectivity index (χ1n) is 4.99. The van der Waals surface area contributed by atoms with Gasteiger partial charge in [-0.2, -0.15) is 0 Å². The fraction of sp³-hybridized carbons (Fsp3) is 0.455. The van der Waals surface area contributed by atoms with Crippen LogP contribution in [0.15, 0.2) is 12.1 Å². The van der Waals surface area contributed by atoms with E-state index in [9.17, 15) is 13.2 Å². The molecule has 1 N–H and O–H groups in total. The van der Waals surface area contributed by atoms with Crippen LogP contribution in [-0.2, 0) is 11.3 Å². The molecule has 0 saturated heterocycles. The van der Waals surface area contributed by atoms with E-state index in [1.807, 2.05) is 0 Å². The summed E-state index contributed by atoms with van der Waals surface area (Å²) >= 11 is 0. The highest BCUT2D eigenvalue weighted by molar-refractivity contribution is 5.45. The molecule has 0 saturated carbocycles. The van der Waals surface area contributed by atoms with Gasteiger partial charge < -0.3 is 19.3 Å². The Morgan fingerprint density at radius 3 is 2.39 bits per heavy atom. The summed E-state index contributed by atoms with van der Waals surface area (Å²) in [5.41, 5.74) is 0.611. The van der Waals surface area contributed by atoms with Gasteiger partial charge in [-0.05, 0) is 18.6 Å². The molecule has 0 atom stereocenters. The second-order valence-corrected chi connectivity index (χ2v) is 3.48. The van der Waals surface area contributed by atoms with Gasteiger partial charge in [0.25, 0.3) is 0 Å². The molecule has 1 aromatic rings. The number of benzene rings is 1. The number of alkyl halides is 3. The van der Waals surface area contributed by atoms with E-state index in [1.165, 1.54) is 20.1 Å². The van der Waals surface area contributed by atoms with E-state index >= 15 is 0 Å². The number of hydrogen-bond donors (Lipinski definition) is 1. The van der Waals surface area contributed by atoms with Crippen molar-refractivity contribution < 1.29 is 32.5 Å². The molecule has 0 unspecified atom stereocenters. The highest BCUT2D eigenvalue weighted by atomic mass is 19.4. The van der Waals surface area contributed by atoms with Crippen LogP contribution in [0, 0.1) is 6.92 Å². The number of methoxy groups -OCH3 is 1. The Labute approximate surface area is 102 Å². The molecule has 0 aromatic heterocycles. The molecule has 18 heavy (non-hydrogen) atoms. The van der Waals surface area contributed by atoms with E-state index in [1.54, 1.807) is 0 Å². The van der Waals surface area contributed by atoms with Crippen molar-refractivity contribution in [3.05, 3.63) is 23.3 Å². The van der Waals surface area contributed by atoms with Crippen LogP contribution < -0.4 is 9.47 Å². The molecule has 0 aliphatic rings. The number of hydrogen-bond acceptors (Lipinski definition) is 4. The van der Waals surface area contributed by atoms with Gasteiger partial charge in [0.2, 0.25) is 0 Å². The molecule has 0 spiro atoms. The van der Waals surface area contributed by atoms with E-state index in [-0.39, 0.29) is 30.5 Å². The van der Waals surface area contributed by atoms with Gasteiger partial charge >= 0.3 is 6.36 Å². The smallest absolute Gasteiger partial charge is 0.467 e. The summed E-state index contributed by atoms with van der Waals surface area (Å²) in [5.74, 6) is -0.282. The number of aliphatic hydroxyl groups is 1. The maximum absolute atomic E-state index is 12.2. The zero-order chi connectivity index (χ0) is 13.8. The van der Waals surface area contributed by atoms with E-state index in [2.05, 4.69) is 9.47 Å². The summed E-state index contributed by atoms with van der Waals surface area (Å²) in [5, 5.41) is 9.08. The molecule has 0 aliphatic heterocycles. The third kappa shape index (κ3) is 4.08. The lowest BCUT2D eigenvalue weighted by atomic mass is 10.1. The summed E-state index contributed by atoms with van der Waals surface area (Å²) in [6.07, 6.45) is -4.77. The SMILES string of the molecule is COCOc1cc(OC(F)(F)F)c(C)cc1CO. The molecular weight excluding hydrogens is 253 g/mol. The van der Waals surface area contributed by atoms with Gasteiger partial charge in [0.05, 0.1) is 6.61 Å². The van der Waals surface area contributed by atoms with Gasteiger partial charge in [-0.25, -0.2) is 0 Å². The quantitative estimate of drug-likeness (QED) is 0.831. The number of halogens is 3. The largest absolute Gasteiger partial charge is 0.573 e. The van der Waals surface area contributed by atoms with Crippen molar-refractivity contribution in [1.82, 2.24) is 0 Å². The van der Waals surface area contributed by atoms with Gasteiger partial charge in [0.15, 0.2) is 6.79 Å². The van der Waals surface area contributed by atoms with Gasteiger partial charge in [-0.3, -0.25) is 0 Å². The summed E-state index contributed by atoms with van der Waals surface area (Å²) in [4.78, 5) is 0. The second-order valence-electron chi connectivity index (χ2n) is 3.48. The predicted molar refractivity (Wildman–Crippen MR) is 56.3 cm³/mol. The third-order valence-corrected chi connectivity index (χ3v) is 2.09. The third-order valence-electron chi connectivity index (χ3n) is 2.09. The summed E-state index contributed by atoms with van der Waals surface area (Å²) in [6.45, 7) is 0.952. The monoisotopic (exact) mass is 266 g/mol. The Morgan fingerprint density at radius 2 is 1.89 bits per heavy atom. The van der Waals surface area contributed by atoms with Gasteiger partial charge in [-0.1, -0.05) is 0 Å². The Hall–Kier alpha value is -1.47. The van der Waals surface area contributed by atoms with Crippen LogP contribution in [0.1, 0.15) is 11.1 Å². The van der Waals surface area contributed by atoms with Crippen molar-refractivity contribution in [3.8, 4) is 11.5 Å². The summed E-state index contributed by atoms with van der Waals surface area (Å²) in [6, 6.07) is 2.44. The van der Waals surface area contributed by atoms with E-state index < -0.39 is 6.36 Å². The molecule has 0 amide bonds.